The Balaban J connectivity index is 2.38. The molecule has 0 saturated heterocycles. The van der Waals surface area contributed by atoms with E-state index >= 15 is 0 Å². The van der Waals surface area contributed by atoms with E-state index < -0.39 is 11.7 Å². The lowest BCUT2D eigenvalue weighted by Gasteiger charge is -2.08. The van der Waals surface area contributed by atoms with Crippen molar-refractivity contribution in [3.05, 3.63) is 35.4 Å². The summed E-state index contributed by atoms with van der Waals surface area (Å²) in [6.45, 7) is 0.836. The van der Waals surface area contributed by atoms with Gasteiger partial charge >= 0.3 is 12.1 Å². The predicted molar refractivity (Wildman–Crippen MR) is 59.8 cm³/mol. The summed E-state index contributed by atoms with van der Waals surface area (Å²) < 4.78 is 41.3. The van der Waals surface area contributed by atoms with Gasteiger partial charge in [-0.1, -0.05) is 12.1 Å². The largest absolute Gasteiger partial charge is 0.469 e. The molecule has 100 valence electrons. The Morgan fingerprint density at radius 1 is 1.28 bits per heavy atom. The van der Waals surface area contributed by atoms with Crippen LogP contribution in [0.15, 0.2) is 24.3 Å². The first kappa shape index (κ1) is 14.5. The molecule has 0 heterocycles. The molecular formula is C12H14F3NO2. The first-order chi connectivity index (χ1) is 8.43. The zero-order chi connectivity index (χ0) is 13.6. The van der Waals surface area contributed by atoms with Crippen LogP contribution in [0.2, 0.25) is 0 Å². The lowest BCUT2D eigenvalue weighted by atomic mass is 10.1. The molecule has 0 atom stereocenters. The maximum atomic E-state index is 12.3. The minimum absolute atomic E-state index is 0.233. The van der Waals surface area contributed by atoms with E-state index in [-0.39, 0.29) is 12.4 Å². The Kier molecular flexibility index (Phi) is 5.15. The van der Waals surface area contributed by atoms with Crippen molar-refractivity contribution < 1.29 is 22.7 Å². The summed E-state index contributed by atoms with van der Waals surface area (Å²) in [5.41, 5.74) is 0.0636. The van der Waals surface area contributed by atoms with E-state index in [0.29, 0.717) is 13.1 Å². The molecule has 6 heteroatoms. The van der Waals surface area contributed by atoms with E-state index in [9.17, 15) is 18.0 Å². The fourth-order valence-electron chi connectivity index (χ4n) is 1.34. The lowest BCUT2D eigenvalue weighted by molar-refractivity contribution is -0.140. The molecule has 0 fully saturated rings. The molecule has 0 amide bonds. The molecule has 0 aliphatic heterocycles. The van der Waals surface area contributed by atoms with E-state index in [4.69, 9.17) is 0 Å². The van der Waals surface area contributed by atoms with Gasteiger partial charge in [0, 0.05) is 13.1 Å². The summed E-state index contributed by atoms with van der Waals surface area (Å²) in [5, 5.41) is 2.94. The maximum absolute atomic E-state index is 12.3. The van der Waals surface area contributed by atoms with Gasteiger partial charge in [0.25, 0.3) is 0 Å². The molecule has 1 N–H and O–H groups in total. The molecule has 0 radical (unpaired) electrons. The SMILES string of the molecule is COC(=O)CCNCc1ccc(C(F)(F)F)cc1. The second kappa shape index (κ2) is 6.39. The smallest absolute Gasteiger partial charge is 0.416 e. The van der Waals surface area contributed by atoms with E-state index in [1.807, 2.05) is 0 Å². The van der Waals surface area contributed by atoms with Crippen LogP contribution in [0.1, 0.15) is 17.5 Å². The molecule has 0 aliphatic carbocycles. The van der Waals surface area contributed by atoms with Crippen molar-refractivity contribution in [3.63, 3.8) is 0 Å². The Hall–Kier alpha value is -1.56. The normalized spacial score (nSPS) is 11.3. The first-order valence-corrected chi connectivity index (χ1v) is 5.37. The van der Waals surface area contributed by atoms with Gasteiger partial charge in [-0.2, -0.15) is 13.2 Å². The number of carbonyl (C=O) groups excluding carboxylic acids is 1. The van der Waals surface area contributed by atoms with Crippen molar-refractivity contribution in [1.82, 2.24) is 5.32 Å². The van der Waals surface area contributed by atoms with Crippen molar-refractivity contribution >= 4 is 5.97 Å². The van der Waals surface area contributed by atoms with Crippen LogP contribution in [0.4, 0.5) is 13.2 Å². The zero-order valence-electron chi connectivity index (χ0n) is 9.88. The van der Waals surface area contributed by atoms with Crippen molar-refractivity contribution in [2.75, 3.05) is 13.7 Å². The molecule has 1 aromatic carbocycles. The standard InChI is InChI=1S/C12H14F3NO2/c1-18-11(17)6-7-16-8-9-2-4-10(5-3-9)12(13,14)15/h2-5,16H,6-8H2,1H3. The fraction of sp³-hybridized carbons (Fsp3) is 0.417. The third-order valence-corrected chi connectivity index (χ3v) is 2.34. The maximum Gasteiger partial charge on any atom is 0.416 e. The number of hydrogen-bond donors (Lipinski definition) is 1. The average molecular weight is 261 g/mol. The van der Waals surface area contributed by atoms with Crippen molar-refractivity contribution in [1.29, 1.82) is 0 Å². The third-order valence-electron chi connectivity index (χ3n) is 2.34. The third kappa shape index (κ3) is 4.75. The monoisotopic (exact) mass is 261 g/mol. The number of esters is 1. The average Bonchev–Trinajstić information content (AvgIpc) is 2.33. The molecule has 0 unspecified atom stereocenters. The minimum atomic E-state index is -4.31. The highest BCUT2D eigenvalue weighted by Gasteiger charge is 2.29. The van der Waals surface area contributed by atoms with Gasteiger partial charge in [0.1, 0.15) is 0 Å². The fourth-order valence-corrected chi connectivity index (χ4v) is 1.34. The zero-order valence-corrected chi connectivity index (χ0v) is 9.88. The van der Waals surface area contributed by atoms with Crippen LogP contribution in [0.3, 0.4) is 0 Å². The number of nitrogens with one attached hydrogen (secondary N) is 1. The molecule has 0 spiro atoms. The Morgan fingerprint density at radius 2 is 1.89 bits per heavy atom. The van der Waals surface area contributed by atoms with Crippen LogP contribution < -0.4 is 5.32 Å². The van der Waals surface area contributed by atoms with Crippen molar-refractivity contribution in [2.24, 2.45) is 0 Å². The van der Waals surface area contributed by atoms with E-state index in [2.05, 4.69) is 10.1 Å². The molecule has 0 aromatic heterocycles. The Bertz CT molecular complexity index is 387. The molecule has 0 aliphatic rings. The van der Waals surface area contributed by atoms with Crippen molar-refractivity contribution in [2.45, 2.75) is 19.1 Å². The van der Waals surface area contributed by atoms with Crippen LogP contribution in [0, 0.1) is 0 Å². The quantitative estimate of drug-likeness (QED) is 0.653. The molecule has 0 bridgehead atoms. The minimum Gasteiger partial charge on any atom is -0.469 e. The topological polar surface area (TPSA) is 38.3 Å². The van der Waals surface area contributed by atoms with Gasteiger partial charge in [0.2, 0.25) is 0 Å². The summed E-state index contributed by atoms with van der Waals surface area (Å²) in [5.74, 6) is -0.324. The molecule has 0 saturated carbocycles. The second-order valence-electron chi connectivity index (χ2n) is 3.70. The highest BCUT2D eigenvalue weighted by molar-refractivity contribution is 5.69. The molecule has 18 heavy (non-hydrogen) atoms. The van der Waals surface area contributed by atoms with Gasteiger partial charge in [0.15, 0.2) is 0 Å². The second-order valence-corrected chi connectivity index (χ2v) is 3.70. The van der Waals surface area contributed by atoms with Crippen LogP contribution >= 0.6 is 0 Å². The number of ether oxygens (including phenoxy) is 1. The van der Waals surface area contributed by atoms with Crippen molar-refractivity contribution in [3.8, 4) is 0 Å². The number of hydrogen-bond acceptors (Lipinski definition) is 3. The van der Waals surface area contributed by atoms with E-state index in [1.165, 1.54) is 19.2 Å². The number of methoxy groups -OCH3 is 1. The van der Waals surface area contributed by atoms with Crippen LogP contribution in [-0.4, -0.2) is 19.6 Å². The van der Waals surface area contributed by atoms with Gasteiger partial charge in [-0.15, -0.1) is 0 Å². The van der Waals surface area contributed by atoms with Crippen LogP contribution in [0.5, 0.6) is 0 Å². The van der Waals surface area contributed by atoms with Gasteiger partial charge in [-0.05, 0) is 17.7 Å². The van der Waals surface area contributed by atoms with Gasteiger partial charge in [0.05, 0.1) is 19.1 Å². The first-order valence-electron chi connectivity index (χ1n) is 5.37. The molecular weight excluding hydrogens is 247 g/mol. The number of alkyl halides is 3. The van der Waals surface area contributed by atoms with Crippen LogP contribution in [0.25, 0.3) is 0 Å². The molecule has 1 rings (SSSR count). The van der Waals surface area contributed by atoms with Gasteiger partial charge in [-0.25, -0.2) is 0 Å². The van der Waals surface area contributed by atoms with Crippen LogP contribution in [-0.2, 0) is 22.3 Å². The number of halogens is 3. The highest BCUT2D eigenvalue weighted by Crippen LogP contribution is 2.28. The van der Waals surface area contributed by atoms with E-state index in [0.717, 1.165) is 17.7 Å². The summed E-state index contributed by atoms with van der Waals surface area (Å²) in [6, 6.07) is 4.90. The number of carbonyl (C=O) groups is 1. The number of rotatable bonds is 5. The predicted octanol–water partition coefficient (Wildman–Crippen LogP) is 2.36. The summed E-state index contributed by atoms with van der Waals surface area (Å²) in [7, 11) is 1.30. The Labute approximate surface area is 103 Å². The highest BCUT2D eigenvalue weighted by atomic mass is 19.4. The van der Waals surface area contributed by atoms with Gasteiger partial charge in [-0.3, -0.25) is 4.79 Å². The molecule has 3 nitrogen and oxygen atoms in total. The van der Waals surface area contributed by atoms with E-state index in [1.54, 1.807) is 0 Å². The summed E-state index contributed by atoms with van der Waals surface area (Å²) in [6.07, 6.45) is -4.08. The molecule has 1 aromatic rings. The number of benzene rings is 1. The van der Waals surface area contributed by atoms with Gasteiger partial charge < -0.3 is 10.1 Å². The Morgan fingerprint density at radius 3 is 2.39 bits per heavy atom. The summed E-state index contributed by atoms with van der Waals surface area (Å²) in [4.78, 5) is 10.8. The summed E-state index contributed by atoms with van der Waals surface area (Å²) >= 11 is 0. The lowest BCUT2D eigenvalue weighted by Crippen LogP contribution is -2.18.